The Kier molecular flexibility index (Phi) is 15.4. The van der Waals surface area contributed by atoms with Crippen LogP contribution in [0.15, 0.2) is 57.9 Å². The van der Waals surface area contributed by atoms with E-state index in [9.17, 15) is 22.8 Å². The van der Waals surface area contributed by atoms with Crippen LogP contribution in [0, 0.1) is 13.8 Å². The van der Waals surface area contributed by atoms with E-state index in [1.807, 2.05) is 52.0 Å². The van der Waals surface area contributed by atoms with Crippen LogP contribution in [-0.2, 0) is 23.8 Å². The number of halogens is 3. The van der Waals surface area contributed by atoms with Crippen molar-refractivity contribution in [3.63, 3.8) is 0 Å². The van der Waals surface area contributed by atoms with Crippen LogP contribution >= 0.6 is 0 Å². The number of amides is 1. The maximum Gasteiger partial charge on any atom is 0.446 e. The molecule has 1 amide bonds. The van der Waals surface area contributed by atoms with Crippen molar-refractivity contribution in [2.24, 2.45) is 10.7 Å². The summed E-state index contributed by atoms with van der Waals surface area (Å²) in [4.78, 5) is 39.2. The molecule has 1 heterocycles. The van der Waals surface area contributed by atoms with E-state index in [1.165, 1.54) is 0 Å². The van der Waals surface area contributed by atoms with Crippen LogP contribution in [0.25, 0.3) is 33.4 Å². The zero-order chi connectivity index (χ0) is 36.7. The third kappa shape index (κ3) is 11.4. The number of carbonyl (C=O) groups excluding carboxylic acids is 3. The van der Waals surface area contributed by atoms with Gasteiger partial charge in [0.05, 0.1) is 37.3 Å². The molecular weight excluding hydrogens is 657 g/mol. The first kappa shape index (κ1) is 39.6. The zero-order valence-corrected chi connectivity index (χ0v) is 28.6. The highest BCUT2D eigenvalue weighted by molar-refractivity contribution is 6.08. The summed E-state index contributed by atoms with van der Waals surface area (Å²) in [6, 6.07) is 15.4. The number of alkyl halides is 3. The van der Waals surface area contributed by atoms with Crippen LogP contribution in [-0.4, -0.2) is 83.6 Å². The first-order valence-corrected chi connectivity index (χ1v) is 16.1. The summed E-state index contributed by atoms with van der Waals surface area (Å²) in [5.41, 5.74) is 11.8. The molecule has 2 aromatic rings. The van der Waals surface area contributed by atoms with Crippen LogP contribution in [0.3, 0.4) is 0 Å². The van der Waals surface area contributed by atoms with Crippen molar-refractivity contribution >= 4 is 34.8 Å². The second-order valence-electron chi connectivity index (χ2n) is 10.9. The highest BCUT2D eigenvalue weighted by atomic mass is 19.4. The van der Waals surface area contributed by atoms with E-state index in [-0.39, 0.29) is 6.54 Å². The molecule has 0 radical (unpaired) electrons. The van der Waals surface area contributed by atoms with E-state index in [0.717, 1.165) is 45.2 Å². The summed E-state index contributed by atoms with van der Waals surface area (Å²) in [5.74, 6) is -0.351. The second-order valence-corrected chi connectivity index (χ2v) is 10.9. The summed E-state index contributed by atoms with van der Waals surface area (Å²) in [5, 5.41) is 7.82. The van der Waals surface area contributed by atoms with E-state index in [0.29, 0.717) is 62.0 Å². The summed E-state index contributed by atoms with van der Waals surface area (Å²) in [6.07, 6.45) is -5.70. The first-order valence-electron chi connectivity index (χ1n) is 16.1. The number of benzene rings is 3. The standard InChI is InChI=1S/C34H42N4O6.C2HF3O/c1-5-36-28-19-30-26(17-22(28)3)33(27-18-23(4)29(37-6-2)20-31(27)44-30)24-9-7-8-10-25(24)34(40)43-21-32(39)38-12-14-42-16-15-41-13-11-35;3-2(4,5)1-6/h7-10,17-20,36H,5-6,11-16,21,35H2,1-4H3,(H,38,39);1H. The average molecular weight is 701 g/mol. The molecule has 0 saturated carbocycles. The molecule has 0 bridgehead atoms. The monoisotopic (exact) mass is 700 g/mol. The van der Waals surface area contributed by atoms with Crippen molar-refractivity contribution in [2.45, 2.75) is 33.9 Å². The normalized spacial score (nSPS) is 11.6. The maximum atomic E-state index is 13.4. The molecule has 4 rings (SSSR count). The van der Waals surface area contributed by atoms with Crippen LogP contribution in [0.1, 0.15) is 35.3 Å². The van der Waals surface area contributed by atoms with Gasteiger partial charge in [0.15, 0.2) is 6.61 Å². The van der Waals surface area contributed by atoms with Gasteiger partial charge in [0.2, 0.25) is 6.29 Å². The molecule has 14 heteroatoms. The molecule has 0 saturated heterocycles. The molecule has 50 heavy (non-hydrogen) atoms. The van der Waals surface area contributed by atoms with E-state index in [4.69, 9.17) is 29.2 Å². The Labute approximate surface area is 288 Å². The van der Waals surface area contributed by atoms with Crippen LogP contribution < -0.4 is 21.7 Å². The Bertz CT molecular complexity index is 1790. The minimum absolute atomic E-state index is 0.287. The number of nitrogens with one attached hydrogen (secondary N) is 2. The van der Waals surface area contributed by atoms with Gasteiger partial charge in [-0.15, -0.1) is 0 Å². The van der Waals surface area contributed by atoms with Crippen LogP contribution in [0.4, 0.5) is 18.9 Å². The molecule has 11 nitrogen and oxygen atoms in total. The first-order chi connectivity index (χ1) is 23.9. The van der Waals surface area contributed by atoms with Crippen molar-refractivity contribution in [1.29, 1.82) is 0 Å². The fourth-order valence-electron chi connectivity index (χ4n) is 5.01. The number of ether oxygens (including phenoxy) is 3. The van der Waals surface area contributed by atoms with Gasteiger partial charge < -0.3 is 35.0 Å². The number of aldehydes is 1. The molecule has 1 aliphatic carbocycles. The fourth-order valence-corrected chi connectivity index (χ4v) is 5.01. The molecular formula is C36H43F3N4O7. The van der Waals surface area contributed by atoms with E-state index >= 15 is 0 Å². The van der Waals surface area contributed by atoms with Gasteiger partial charge in [0.25, 0.3) is 5.91 Å². The quantitative estimate of drug-likeness (QED) is 0.0658. The van der Waals surface area contributed by atoms with Crippen molar-refractivity contribution < 1.29 is 46.2 Å². The van der Waals surface area contributed by atoms with E-state index in [1.54, 1.807) is 12.1 Å². The maximum absolute atomic E-state index is 13.4. The molecule has 4 N–H and O–H groups in total. The van der Waals surface area contributed by atoms with Crippen LogP contribution in [0.5, 0.6) is 0 Å². The molecule has 0 spiro atoms. The Hall–Kier alpha value is -4.79. The average Bonchev–Trinajstić information content (AvgIpc) is 3.08. The molecule has 1 aliphatic heterocycles. The van der Waals surface area contributed by atoms with Crippen LogP contribution in [0.2, 0.25) is 0 Å². The number of rotatable bonds is 15. The zero-order valence-electron chi connectivity index (χ0n) is 28.6. The predicted octanol–water partition coefficient (Wildman–Crippen LogP) is 5.19. The summed E-state index contributed by atoms with van der Waals surface area (Å²) >= 11 is 0. The SMILES string of the molecule is CCN=c1cc2oc3cc(NCC)c(C)cc3c(-c3ccccc3C(=O)OCC(=O)NCCOCCOCCN)c-2cc1C.O=CC(F)(F)F. The second kappa shape index (κ2) is 19.4. The lowest BCUT2D eigenvalue weighted by Gasteiger charge is -2.19. The van der Waals surface area contributed by atoms with Crippen molar-refractivity contribution in [1.82, 2.24) is 5.32 Å². The minimum Gasteiger partial charge on any atom is -0.456 e. The van der Waals surface area contributed by atoms with E-state index < -0.39 is 30.9 Å². The molecule has 0 unspecified atom stereocenters. The lowest BCUT2D eigenvalue weighted by molar-refractivity contribution is -0.156. The lowest BCUT2D eigenvalue weighted by Crippen LogP contribution is -2.31. The molecule has 0 fully saturated rings. The Balaban J connectivity index is 0.00000103. The number of fused-ring (bicyclic) bond motifs is 2. The summed E-state index contributed by atoms with van der Waals surface area (Å²) in [6.45, 7) is 11.5. The van der Waals surface area contributed by atoms with Crippen molar-refractivity contribution in [2.75, 3.05) is 64.5 Å². The van der Waals surface area contributed by atoms with Gasteiger partial charge in [-0.2, -0.15) is 13.2 Å². The number of carbonyl (C=O) groups is 3. The van der Waals surface area contributed by atoms with Gasteiger partial charge in [-0.05, 0) is 62.6 Å². The minimum atomic E-state index is -4.64. The highest BCUT2D eigenvalue weighted by Gasteiger charge is 2.25. The smallest absolute Gasteiger partial charge is 0.446 e. The molecule has 0 aromatic heterocycles. The van der Waals surface area contributed by atoms with Gasteiger partial charge in [0.1, 0.15) is 11.3 Å². The summed E-state index contributed by atoms with van der Waals surface area (Å²) < 4.78 is 53.8. The van der Waals surface area contributed by atoms with E-state index in [2.05, 4.69) is 27.8 Å². The third-order valence-corrected chi connectivity index (χ3v) is 7.17. The lowest BCUT2D eigenvalue weighted by atomic mass is 9.89. The van der Waals surface area contributed by atoms with Gasteiger partial charge in [0, 0.05) is 60.5 Å². The molecule has 0 atom stereocenters. The topological polar surface area (TPSA) is 154 Å². The highest BCUT2D eigenvalue weighted by Crippen LogP contribution is 2.43. The number of anilines is 1. The summed E-state index contributed by atoms with van der Waals surface area (Å²) in [7, 11) is 0. The predicted molar refractivity (Wildman–Crippen MR) is 184 cm³/mol. The van der Waals surface area contributed by atoms with Gasteiger partial charge in [-0.1, -0.05) is 18.2 Å². The van der Waals surface area contributed by atoms with Gasteiger partial charge in [-0.3, -0.25) is 14.6 Å². The molecule has 270 valence electrons. The Morgan fingerprint density at radius 2 is 1.66 bits per heavy atom. The van der Waals surface area contributed by atoms with Crippen molar-refractivity contribution in [3.8, 4) is 22.5 Å². The number of hydrogen-bond acceptors (Lipinski definition) is 10. The van der Waals surface area contributed by atoms with Gasteiger partial charge >= 0.3 is 12.1 Å². The van der Waals surface area contributed by atoms with Crippen molar-refractivity contribution in [3.05, 3.63) is 70.6 Å². The number of esters is 1. The fraction of sp³-hybridized carbons (Fsp3) is 0.389. The number of hydrogen-bond donors (Lipinski definition) is 3. The Morgan fingerprint density at radius 3 is 2.32 bits per heavy atom. The molecule has 2 aliphatic rings. The Morgan fingerprint density at radius 1 is 0.960 bits per heavy atom. The number of nitrogens with zero attached hydrogens (tertiary/aromatic N) is 1. The number of nitrogens with two attached hydrogens (primary N) is 1. The largest absolute Gasteiger partial charge is 0.456 e. The third-order valence-electron chi connectivity index (χ3n) is 7.17. The molecule has 2 aromatic carbocycles. The number of aryl methyl sites for hydroxylation is 2. The van der Waals surface area contributed by atoms with Gasteiger partial charge in [-0.25, -0.2) is 4.79 Å².